The molecule has 1 saturated heterocycles. The number of rotatable bonds is 3. The van der Waals surface area contributed by atoms with E-state index in [9.17, 15) is 4.79 Å². The van der Waals surface area contributed by atoms with E-state index in [-0.39, 0.29) is 12.2 Å². The van der Waals surface area contributed by atoms with Crippen molar-refractivity contribution in [3.8, 4) is 0 Å². The Kier molecular flexibility index (Phi) is 2.60. The second kappa shape index (κ2) is 3.89. The van der Waals surface area contributed by atoms with Crippen LogP contribution in [-0.4, -0.2) is 39.9 Å². The summed E-state index contributed by atoms with van der Waals surface area (Å²) in [6.45, 7) is 2.83. The lowest BCUT2D eigenvalue weighted by molar-refractivity contribution is 0.0468. The molecule has 2 N–H and O–H groups in total. The monoisotopic (exact) mass is 195 g/mol. The molecule has 0 atom stereocenters. The van der Waals surface area contributed by atoms with Crippen LogP contribution in [0.1, 0.15) is 5.69 Å². The van der Waals surface area contributed by atoms with Crippen molar-refractivity contribution in [2.24, 2.45) is 5.92 Å². The van der Waals surface area contributed by atoms with E-state index < -0.39 is 0 Å². The van der Waals surface area contributed by atoms with E-state index in [4.69, 9.17) is 5.11 Å². The molecule has 1 aromatic rings. The maximum absolute atomic E-state index is 10.7. The molecule has 76 valence electrons. The molecule has 0 radical (unpaired) electrons. The zero-order chi connectivity index (χ0) is 9.97. The van der Waals surface area contributed by atoms with Gasteiger partial charge in [0.05, 0.1) is 5.69 Å². The van der Waals surface area contributed by atoms with Crippen LogP contribution in [0.3, 0.4) is 0 Å². The number of hydrogen-bond acceptors (Lipinski definition) is 4. The van der Waals surface area contributed by atoms with Crippen LogP contribution in [-0.2, 0) is 6.54 Å². The molecule has 5 heteroatoms. The van der Waals surface area contributed by atoms with Gasteiger partial charge in [-0.1, -0.05) is 0 Å². The van der Waals surface area contributed by atoms with Gasteiger partial charge in [-0.2, -0.15) is 5.10 Å². The van der Waals surface area contributed by atoms with Crippen molar-refractivity contribution < 1.29 is 5.11 Å². The quantitative estimate of drug-likeness (QED) is 0.662. The van der Waals surface area contributed by atoms with Gasteiger partial charge in [0, 0.05) is 38.2 Å². The topological polar surface area (TPSA) is 69.2 Å². The van der Waals surface area contributed by atoms with Gasteiger partial charge < -0.3 is 5.11 Å². The molecule has 0 spiro atoms. The fourth-order valence-corrected chi connectivity index (χ4v) is 1.61. The largest absolute Gasteiger partial charge is 0.396 e. The molecule has 0 aromatic carbocycles. The first-order chi connectivity index (χ1) is 6.78. The van der Waals surface area contributed by atoms with Crippen molar-refractivity contribution in [2.45, 2.75) is 6.54 Å². The summed E-state index contributed by atoms with van der Waals surface area (Å²) in [6, 6.07) is 3.21. The van der Waals surface area contributed by atoms with Crippen molar-refractivity contribution in [3.05, 3.63) is 28.2 Å². The van der Waals surface area contributed by atoms with Gasteiger partial charge in [-0.3, -0.25) is 9.69 Å². The highest BCUT2D eigenvalue weighted by atomic mass is 16.3. The molecule has 0 saturated carbocycles. The predicted molar refractivity (Wildman–Crippen MR) is 50.7 cm³/mol. The van der Waals surface area contributed by atoms with Gasteiger partial charge in [-0.25, -0.2) is 5.10 Å². The first-order valence-electron chi connectivity index (χ1n) is 4.66. The normalized spacial score (nSPS) is 18.1. The minimum Gasteiger partial charge on any atom is -0.396 e. The Hall–Kier alpha value is -1.20. The summed E-state index contributed by atoms with van der Waals surface area (Å²) in [4.78, 5) is 12.9. The van der Waals surface area contributed by atoms with Crippen molar-refractivity contribution in [1.82, 2.24) is 15.1 Å². The Labute approximate surface area is 81.4 Å². The Bertz CT molecular complexity index is 337. The van der Waals surface area contributed by atoms with Gasteiger partial charge in [0.2, 0.25) is 0 Å². The van der Waals surface area contributed by atoms with Crippen molar-refractivity contribution in [2.75, 3.05) is 19.7 Å². The van der Waals surface area contributed by atoms with Crippen LogP contribution in [0.15, 0.2) is 16.9 Å². The summed E-state index contributed by atoms with van der Waals surface area (Å²) in [6.07, 6.45) is 0. The van der Waals surface area contributed by atoms with Crippen LogP contribution in [0.2, 0.25) is 0 Å². The van der Waals surface area contributed by atoms with Crippen LogP contribution >= 0.6 is 0 Å². The lowest BCUT2D eigenvalue weighted by Gasteiger charge is -2.37. The molecule has 0 amide bonds. The third-order valence-corrected chi connectivity index (χ3v) is 2.41. The van der Waals surface area contributed by atoms with Gasteiger partial charge in [0.1, 0.15) is 0 Å². The zero-order valence-electron chi connectivity index (χ0n) is 7.81. The average molecular weight is 195 g/mol. The van der Waals surface area contributed by atoms with Crippen molar-refractivity contribution >= 4 is 0 Å². The molecule has 1 aliphatic rings. The van der Waals surface area contributed by atoms with Gasteiger partial charge in [0.15, 0.2) is 0 Å². The minimum absolute atomic E-state index is 0.175. The number of likely N-dealkylation sites (tertiary alicyclic amines) is 1. The molecular formula is C9H13N3O2. The third-order valence-electron chi connectivity index (χ3n) is 2.41. The van der Waals surface area contributed by atoms with Gasteiger partial charge in [0.25, 0.3) is 5.56 Å². The van der Waals surface area contributed by atoms with Crippen LogP contribution in [0.4, 0.5) is 0 Å². The molecule has 1 fully saturated rings. The van der Waals surface area contributed by atoms with E-state index in [1.165, 1.54) is 6.07 Å². The first kappa shape index (κ1) is 9.36. The Morgan fingerprint density at radius 1 is 1.57 bits per heavy atom. The molecule has 0 unspecified atom stereocenters. The lowest BCUT2D eigenvalue weighted by atomic mass is 10.0. The van der Waals surface area contributed by atoms with E-state index in [0.717, 1.165) is 25.3 Å². The lowest BCUT2D eigenvalue weighted by Crippen LogP contribution is -2.47. The highest BCUT2D eigenvalue weighted by molar-refractivity contribution is 5.00. The van der Waals surface area contributed by atoms with Crippen LogP contribution in [0.25, 0.3) is 0 Å². The number of hydrogen-bond donors (Lipinski definition) is 2. The minimum atomic E-state index is -0.175. The fourth-order valence-electron chi connectivity index (χ4n) is 1.61. The molecule has 5 nitrogen and oxygen atoms in total. The van der Waals surface area contributed by atoms with Gasteiger partial charge in [-0.15, -0.1) is 0 Å². The van der Waals surface area contributed by atoms with E-state index in [2.05, 4.69) is 15.1 Å². The Morgan fingerprint density at radius 3 is 2.93 bits per heavy atom. The average Bonchev–Trinajstić information content (AvgIpc) is 2.13. The Balaban J connectivity index is 1.87. The van der Waals surface area contributed by atoms with E-state index in [1.807, 2.05) is 0 Å². The number of aromatic nitrogens is 2. The highest BCUT2D eigenvalue weighted by Gasteiger charge is 2.25. The van der Waals surface area contributed by atoms with Crippen molar-refractivity contribution in [1.29, 1.82) is 0 Å². The first-order valence-corrected chi connectivity index (χ1v) is 4.66. The second-order valence-electron chi connectivity index (χ2n) is 3.66. The standard InChI is InChI=1S/C9H13N3O2/c13-6-7-3-12(4-7)5-8-1-2-9(14)11-10-8/h1-2,7,13H,3-6H2,(H,11,14). The number of nitrogens with zero attached hydrogens (tertiary/aromatic N) is 2. The van der Waals surface area contributed by atoms with Crippen LogP contribution in [0, 0.1) is 5.92 Å². The zero-order valence-corrected chi connectivity index (χ0v) is 7.81. The fraction of sp³-hybridized carbons (Fsp3) is 0.556. The van der Waals surface area contributed by atoms with Crippen LogP contribution in [0.5, 0.6) is 0 Å². The molecule has 0 aliphatic carbocycles. The van der Waals surface area contributed by atoms with Crippen molar-refractivity contribution in [3.63, 3.8) is 0 Å². The molecule has 1 aliphatic heterocycles. The Morgan fingerprint density at radius 2 is 2.36 bits per heavy atom. The SMILES string of the molecule is O=c1ccc(CN2CC(CO)C2)n[nH]1. The second-order valence-corrected chi connectivity index (χ2v) is 3.66. The maximum Gasteiger partial charge on any atom is 0.264 e. The molecule has 1 aromatic heterocycles. The summed E-state index contributed by atoms with van der Waals surface area (Å²) in [5.41, 5.74) is 0.687. The maximum atomic E-state index is 10.7. The predicted octanol–water partition coefficient (Wildman–Crippen LogP) is -0.806. The van der Waals surface area contributed by atoms with E-state index >= 15 is 0 Å². The molecule has 2 rings (SSSR count). The summed E-state index contributed by atoms with van der Waals surface area (Å²) in [7, 11) is 0. The van der Waals surface area contributed by atoms with Gasteiger partial charge in [-0.05, 0) is 6.07 Å². The highest BCUT2D eigenvalue weighted by Crippen LogP contribution is 2.16. The molecule has 14 heavy (non-hydrogen) atoms. The number of H-pyrrole nitrogens is 1. The summed E-state index contributed by atoms with van der Waals surface area (Å²) < 4.78 is 0. The number of aromatic amines is 1. The van der Waals surface area contributed by atoms with E-state index in [1.54, 1.807) is 6.07 Å². The summed E-state index contributed by atoms with van der Waals surface area (Å²) >= 11 is 0. The number of nitrogens with one attached hydrogen (secondary N) is 1. The number of aliphatic hydroxyl groups excluding tert-OH is 1. The summed E-state index contributed by atoms with van der Waals surface area (Å²) in [5, 5.41) is 15.1. The smallest absolute Gasteiger partial charge is 0.264 e. The van der Waals surface area contributed by atoms with E-state index in [0.29, 0.717) is 5.92 Å². The molecular weight excluding hydrogens is 182 g/mol. The number of aliphatic hydroxyl groups is 1. The van der Waals surface area contributed by atoms with Gasteiger partial charge >= 0.3 is 0 Å². The third kappa shape index (κ3) is 2.00. The van der Waals surface area contributed by atoms with Crippen LogP contribution < -0.4 is 5.56 Å². The molecule has 2 heterocycles. The molecule has 0 bridgehead atoms. The summed E-state index contributed by atoms with van der Waals surface area (Å²) in [5.74, 6) is 0.415.